The van der Waals surface area contributed by atoms with Crippen LogP contribution in [0.2, 0.25) is 0 Å². The number of amides is 2. The second kappa shape index (κ2) is 6.07. The maximum atomic E-state index is 12.5. The van der Waals surface area contributed by atoms with Crippen molar-refractivity contribution in [2.45, 2.75) is 24.3 Å². The van der Waals surface area contributed by atoms with Gasteiger partial charge in [0.15, 0.2) is 0 Å². The van der Waals surface area contributed by atoms with Crippen LogP contribution in [0.4, 0.5) is 5.69 Å². The van der Waals surface area contributed by atoms with Crippen molar-refractivity contribution in [1.29, 1.82) is 0 Å². The minimum atomic E-state index is -0.00329. The van der Waals surface area contributed by atoms with E-state index in [2.05, 4.69) is 5.32 Å². The van der Waals surface area contributed by atoms with E-state index >= 15 is 0 Å². The first-order chi connectivity index (χ1) is 10.1. The molecular weight excluding hydrogens is 288 g/mol. The third-order valence-corrected chi connectivity index (χ3v) is 4.69. The normalized spacial score (nSPS) is 22.2. The molecule has 1 N–H and O–H groups in total. The van der Waals surface area contributed by atoms with E-state index in [1.807, 2.05) is 24.0 Å². The lowest BCUT2D eigenvalue weighted by Crippen LogP contribution is -2.44. The highest BCUT2D eigenvalue weighted by atomic mass is 32.2. The third kappa shape index (κ3) is 3.22. The highest BCUT2D eigenvalue weighted by Crippen LogP contribution is 2.31. The predicted molar refractivity (Wildman–Crippen MR) is 81.7 cm³/mol. The molecule has 6 heteroatoms. The summed E-state index contributed by atoms with van der Waals surface area (Å²) < 4.78 is 5.46. The molecule has 0 bridgehead atoms. The zero-order chi connectivity index (χ0) is 14.8. The summed E-state index contributed by atoms with van der Waals surface area (Å²) in [6.07, 6.45) is 0.572. The van der Waals surface area contributed by atoms with E-state index in [9.17, 15) is 9.59 Å². The van der Waals surface area contributed by atoms with Gasteiger partial charge in [0.05, 0.1) is 18.4 Å². The van der Waals surface area contributed by atoms with Crippen molar-refractivity contribution in [3.05, 3.63) is 23.8 Å². The number of ether oxygens (including phenoxy) is 1. The number of nitrogens with zero attached hydrogens (tertiary/aromatic N) is 1. The molecule has 0 aliphatic carbocycles. The van der Waals surface area contributed by atoms with Gasteiger partial charge in [-0.1, -0.05) is 0 Å². The molecule has 1 atom stereocenters. The molecular formula is C15H18N2O3S. The van der Waals surface area contributed by atoms with Crippen molar-refractivity contribution >= 4 is 29.3 Å². The standard InChI is InChI=1S/C15H18N2O3S/c1-10-9-17(5-6-20-10)15(19)11-2-3-13-12(8-11)16-14(18)4-7-21-13/h2-3,8,10H,4-7,9H2,1H3,(H,16,18). The maximum Gasteiger partial charge on any atom is 0.254 e. The van der Waals surface area contributed by atoms with Gasteiger partial charge >= 0.3 is 0 Å². The molecule has 2 aliphatic rings. The fourth-order valence-electron chi connectivity index (χ4n) is 2.54. The zero-order valence-electron chi connectivity index (χ0n) is 11.9. The van der Waals surface area contributed by atoms with Crippen LogP contribution in [0.3, 0.4) is 0 Å². The van der Waals surface area contributed by atoms with Gasteiger partial charge in [-0.3, -0.25) is 9.59 Å². The van der Waals surface area contributed by atoms with Gasteiger partial charge in [-0.25, -0.2) is 0 Å². The molecule has 3 rings (SSSR count). The average Bonchev–Trinajstić information content (AvgIpc) is 2.66. The Morgan fingerprint density at radius 1 is 1.48 bits per heavy atom. The van der Waals surface area contributed by atoms with Crippen LogP contribution >= 0.6 is 11.8 Å². The van der Waals surface area contributed by atoms with Gasteiger partial charge in [0, 0.05) is 35.7 Å². The van der Waals surface area contributed by atoms with Gasteiger partial charge in [0.1, 0.15) is 0 Å². The lowest BCUT2D eigenvalue weighted by atomic mass is 10.1. The summed E-state index contributed by atoms with van der Waals surface area (Å²) in [5, 5.41) is 2.87. The van der Waals surface area contributed by atoms with Crippen LogP contribution < -0.4 is 5.32 Å². The second-order valence-electron chi connectivity index (χ2n) is 5.29. The van der Waals surface area contributed by atoms with E-state index in [4.69, 9.17) is 4.74 Å². The van der Waals surface area contributed by atoms with E-state index in [1.165, 1.54) is 0 Å². The van der Waals surface area contributed by atoms with Gasteiger partial charge in [-0.2, -0.15) is 0 Å². The van der Waals surface area contributed by atoms with Gasteiger partial charge in [-0.05, 0) is 25.1 Å². The Balaban J connectivity index is 1.82. The summed E-state index contributed by atoms with van der Waals surface area (Å²) in [4.78, 5) is 27.0. The number of carbonyl (C=O) groups excluding carboxylic acids is 2. The SMILES string of the molecule is CC1CN(C(=O)c2ccc3c(c2)NC(=O)CCS3)CCO1. The van der Waals surface area contributed by atoms with Crippen LogP contribution in [0.5, 0.6) is 0 Å². The molecule has 21 heavy (non-hydrogen) atoms. The molecule has 1 aromatic carbocycles. The lowest BCUT2D eigenvalue weighted by Gasteiger charge is -2.31. The first-order valence-electron chi connectivity index (χ1n) is 7.11. The van der Waals surface area contributed by atoms with Crippen LogP contribution in [0, 0.1) is 0 Å². The Morgan fingerprint density at radius 2 is 2.33 bits per heavy atom. The van der Waals surface area contributed by atoms with Crippen molar-refractivity contribution in [3.63, 3.8) is 0 Å². The molecule has 112 valence electrons. The molecule has 1 fully saturated rings. The second-order valence-corrected chi connectivity index (χ2v) is 6.43. The molecule has 2 amide bonds. The number of fused-ring (bicyclic) bond motifs is 1. The summed E-state index contributed by atoms with van der Waals surface area (Å²) in [6.45, 7) is 3.76. The molecule has 1 aromatic rings. The van der Waals surface area contributed by atoms with E-state index < -0.39 is 0 Å². The summed E-state index contributed by atoms with van der Waals surface area (Å²) in [6, 6.07) is 5.54. The van der Waals surface area contributed by atoms with E-state index in [-0.39, 0.29) is 17.9 Å². The van der Waals surface area contributed by atoms with Crippen molar-refractivity contribution in [2.24, 2.45) is 0 Å². The third-order valence-electron chi connectivity index (χ3n) is 3.62. The van der Waals surface area contributed by atoms with Crippen LogP contribution in [0.25, 0.3) is 0 Å². The van der Waals surface area contributed by atoms with Crippen molar-refractivity contribution in [3.8, 4) is 0 Å². The number of hydrogen-bond acceptors (Lipinski definition) is 4. The largest absolute Gasteiger partial charge is 0.375 e. The highest BCUT2D eigenvalue weighted by molar-refractivity contribution is 7.99. The number of anilines is 1. The Bertz CT molecular complexity index is 576. The number of hydrogen-bond donors (Lipinski definition) is 1. The zero-order valence-corrected chi connectivity index (χ0v) is 12.7. The van der Waals surface area contributed by atoms with Crippen molar-refractivity contribution in [1.82, 2.24) is 4.90 Å². The van der Waals surface area contributed by atoms with E-state index in [1.54, 1.807) is 17.8 Å². The minimum Gasteiger partial charge on any atom is -0.375 e. The Hall–Kier alpha value is -1.53. The van der Waals surface area contributed by atoms with Gasteiger partial charge in [0.2, 0.25) is 5.91 Å². The van der Waals surface area contributed by atoms with Crippen LogP contribution in [0.1, 0.15) is 23.7 Å². The predicted octanol–water partition coefficient (Wildman–Crippen LogP) is 1.98. The molecule has 1 unspecified atom stereocenters. The molecule has 0 spiro atoms. The van der Waals surface area contributed by atoms with E-state index in [0.717, 1.165) is 16.3 Å². The fourth-order valence-corrected chi connectivity index (χ4v) is 3.48. The number of nitrogens with one attached hydrogen (secondary N) is 1. The molecule has 0 aromatic heterocycles. The number of thioether (sulfide) groups is 1. The molecule has 5 nitrogen and oxygen atoms in total. The Labute approximate surface area is 128 Å². The van der Waals surface area contributed by atoms with Crippen LogP contribution in [0.15, 0.2) is 23.1 Å². The summed E-state index contributed by atoms with van der Waals surface area (Å²) >= 11 is 1.64. The number of carbonyl (C=O) groups is 2. The molecule has 0 saturated carbocycles. The van der Waals surface area contributed by atoms with E-state index in [0.29, 0.717) is 31.7 Å². The van der Waals surface area contributed by atoms with Gasteiger partial charge < -0.3 is 15.0 Å². The average molecular weight is 306 g/mol. The number of benzene rings is 1. The maximum absolute atomic E-state index is 12.5. The van der Waals surface area contributed by atoms with Crippen molar-refractivity contribution < 1.29 is 14.3 Å². The topological polar surface area (TPSA) is 58.6 Å². The smallest absolute Gasteiger partial charge is 0.254 e. The number of morpholine rings is 1. The first-order valence-corrected chi connectivity index (χ1v) is 8.09. The summed E-state index contributed by atoms with van der Waals surface area (Å²) in [5.41, 5.74) is 1.36. The number of rotatable bonds is 1. The molecule has 1 saturated heterocycles. The Morgan fingerprint density at radius 3 is 3.14 bits per heavy atom. The van der Waals surface area contributed by atoms with Crippen molar-refractivity contribution in [2.75, 3.05) is 30.8 Å². The molecule has 2 aliphatic heterocycles. The fraction of sp³-hybridized carbons (Fsp3) is 0.467. The highest BCUT2D eigenvalue weighted by Gasteiger charge is 2.23. The van der Waals surface area contributed by atoms with Gasteiger partial charge in [0.25, 0.3) is 5.91 Å². The summed E-state index contributed by atoms with van der Waals surface area (Å²) in [7, 11) is 0. The van der Waals surface area contributed by atoms with Crippen LogP contribution in [-0.2, 0) is 9.53 Å². The first kappa shape index (κ1) is 14.4. The lowest BCUT2D eigenvalue weighted by molar-refractivity contribution is -0.115. The molecule has 0 radical (unpaired) electrons. The van der Waals surface area contributed by atoms with Crippen LogP contribution in [-0.4, -0.2) is 48.3 Å². The summed E-state index contributed by atoms with van der Waals surface area (Å²) in [5.74, 6) is 0.773. The quantitative estimate of drug-likeness (QED) is 0.862. The Kier molecular flexibility index (Phi) is 4.17. The van der Waals surface area contributed by atoms with Gasteiger partial charge in [-0.15, -0.1) is 11.8 Å². The minimum absolute atomic E-state index is 0.00329. The monoisotopic (exact) mass is 306 g/mol. The molecule has 2 heterocycles.